The number of ether oxygens (including phenoxy) is 5. The lowest BCUT2D eigenvalue weighted by molar-refractivity contribution is -0.343. The molecule has 0 aromatic heterocycles. The third kappa shape index (κ3) is 6.95. The first-order chi connectivity index (χ1) is 16.6. The lowest BCUT2D eigenvalue weighted by atomic mass is 9.65. The highest BCUT2D eigenvalue weighted by atomic mass is 16.9. The summed E-state index contributed by atoms with van der Waals surface area (Å²) in [5.74, 6) is 0.806. The molecule has 1 saturated heterocycles. The van der Waals surface area contributed by atoms with Crippen LogP contribution in [0.15, 0.2) is 23.8 Å². The summed E-state index contributed by atoms with van der Waals surface area (Å²) in [6, 6.07) is 0. The lowest BCUT2D eigenvalue weighted by Crippen LogP contribution is -2.44. The molecular formula is C28H44O7. The molecule has 7 heteroatoms. The van der Waals surface area contributed by atoms with E-state index < -0.39 is 11.9 Å². The number of fused-ring (bicyclic) bond motifs is 1. The third-order valence-electron chi connectivity index (χ3n) is 8.06. The minimum atomic E-state index is -0.789. The molecule has 0 radical (unpaired) electrons. The van der Waals surface area contributed by atoms with Gasteiger partial charge in [-0.25, -0.2) is 0 Å². The van der Waals surface area contributed by atoms with E-state index in [-0.39, 0.29) is 42.6 Å². The van der Waals surface area contributed by atoms with E-state index in [1.54, 1.807) is 0 Å². The fraction of sp³-hybridized carbons (Fsp3) is 0.786. The topological polar surface area (TPSA) is 80.3 Å². The Labute approximate surface area is 210 Å². The number of carbonyl (C=O) groups excluding carboxylic acids is 2. The van der Waals surface area contributed by atoms with Crippen LogP contribution in [0, 0.1) is 29.1 Å². The molecule has 1 fully saturated rings. The van der Waals surface area contributed by atoms with Gasteiger partial charge in [-0.15, -0.1) is 0 Å². The SMILES string of the molecule is CCC(C)(C)C(=O)O[C@H]1C[C@@H](C)C=C2C=C[C@H](C)[C@H](CC[C@@H]3C[C@H](CC(=O)OC)OC(OC)O3)[C@H]21. The maximum Gasteiger partial charge on any atom is 0.311 e. The third-order valence-corrected chi connectivity index (χ3v) is 8.06. The molecule has 3 rings (SSSR count). The van der Waals surface area contributed by atoms with Gasteiger partial charge in [0.2, 0.25) is 0 Å². The quantitative estimate of drug-likeness (QED) is 0.410. The monoisotopic (exact) mass is 492 g/mol. The van der Waals surface area contributed by atoms with Gasteiger partial charge in [-0.3, -0.25) is 9.59 Å². The van der Waals surface area contributed by atoms with Gasteiger partial charge in [-0.2, -0.15) is 0 Å². The number of methoxy groups -OCH3 is 2. The zero-order valence-electron chi connectivity index (χ0n) is 22.5. The van der Waals surface area contributed by atoms with E-state index in [1.807, 2.05) is 20.8 Å². The summed E-state index contributed by atoms with van der Waals surface area (Å²) in [7, 11) is 2.92. The van der Waals surface area contributed by atoms with Crippen molar-refractivity contribution >= 4 is 11.9 Å². The Kier molecular flexibility index (Phi) is 9.58. The van der Waals surface area contributed by atoms with E-state index in [1.165, 1.54) is 19.8 Å². The highest BCUT2D eigenvalue weighted by Gasteiger charge is 2.43. The van der Waals surface area contributed by atoms with Crippen molar-refractivity contribution in [2.45, 2.75) is 97.9 Å². The van der Waals surface area contributed by atoms with Gasteiger partial charge in [0.1, 0.15) is 6.10 Å². The minimum Gasteiger partial charge on any atom is -0.469 e. The van der Waals surface area contributed by atoms with Crippen molar-refractivity contribution in [1.29, 1.82) is 0 Å². The molecule has 0 spiro atoms. The first kappa shape index (κ1) is 27.9. The molecule has 0 bridgehead atoms. The van der Waals surface area contributed by atoms with Crippen molar-refractivity contribution < 1.29 is 33.3 Å². The predicted molar refractivity (Wildman–Crippen MR) is 132 cm³/mol. The number of hydrogen-bond donors (Lipinski definition) is 0. The number of hydrogen-bond acceptors (Lipinski definition) is 7. The van der Waals surface area contributed by atoms with Crippen molar-refractivity contribution in [3.8, 4) is 0 Å². The van der Waals surface area contributed by atoms with Crippen LogP contribution < -0.4 is 0 Å². The zero-order chi connectivity index (χ0) is 25.8. The van der Waals surface area contributed by atoms with E-state index in [4.69, 9.17) is 23.7 Å². The molecule has 0 saturated carbocycles. The highest BCUT2D eigenvalue weighted by Crippen LogP contribution is 2.45. The van der Waals surface area contributed by atoms with E-state index in [0.717, 1.165) is 25.7 Å². The van der Waals surface area contributed by atoms with Crippen LogP contribution >= 0.6 is 0 Å². The number of allylic oxidation sites excluding steroid dienone is 3. The smallest absolute Gasteiger partial charge is 0.311 e. The Morgan fingerprint density at radius 3 is 2.46 bits per heavy atom. The van der Waals surface area contributed by atoms with Crippen LogP contribution in [-0.2, 0) is 33.3 Å². The molecule has 1 aliphatic heterocycles. The summed E-state index contributed by atoms with van der Waals surface area (Å²) in [6.45, 7) is 9.59. The van der Waals surface area contributed by atoms with Crippen molar-refractivity contribution in [2.75, 3.05) is 14.2 Å². The van der Waals surface area contributed by atoms with Gasteiger partial charge in [0.05, 0.1) is 31.2 Å². The minimum absolute atomic E-state index is 0.0866. The molecule has 198 valence electrons. The summed E-state index contributed by atoms with van der Waals surface area (Å²) < 4.78 is 28.1. The van der Waals surface area contributed by atoms with Gasteiger partial charge < -0.3 is 23.7 Å². The van der Waals surface area contributed by atoms with Gasteiger partial charge in [0.15, 0.2) is 0 Å². The Morgan fingerprint density at radius 1 is 1.09 bits per heavy atom. The molecule has 35 heavy (non-hydrogen) atoms. The molecule has 8 atom stereocenters. The molecule has 1 heterocycles. The van der Waals surface area contributed by atoms with Crippen LogP contribution in [0.1, 0.15) is 73.1 Å². The zero-order valence-corrected chi connectivity index (χ0v) is 22.5. The largest absolute Gasteiger partial charge is 0.469 e. The Morgan fingerprint density at radius 2 is 1.80 bits per heavy atom. The average Bonchev–Trinajstić information content (AvgIpc) is 2.83. The summed E-state index contributed by atoms with van der Waals surface area (Å²) in [6.07, 6.45) is 10.4. The van der Waals surface area contributed by atoms with Crippen molar-refractivity contribution in [1.82, 2.24) is 0 Å². The van der Waals surface area contributed by atoms with Crippen LogP contribution in [-0.4, -0.2) is 50.9 Å². The Balaban J connectivity index is 1.73. The Hall–Kier alpha value is -1.70. The van der Waals surface area contributed by atoms with Gasteiger partial charge >= 0.3 is 11.9 Å². The van der Waals surface area contributed by atoms with Gasteiger partial charge in [-0.1, -0.05) is 39.0 Å². The predicted octanol–water partition coefficient (Wildman–Crippen LogP) is 5.19. The average molecular weight is 493 g/mol. The van der Waals surface area contributed by atoms with E-state index in [0.29, 0.717) is 24.2 Å². The maximum atomic E-state index is 13.0. The normalized spacial score (nSPS) is 35.1. The summed E-state index contributed by atoms with van der Waals surface area (Å²) in [5, 5.41) is 0. The standard InChI is InChI=1S/C28H44O7/c1-8-28(4,5)26(30)35-23-14-17(2)13-19-10-9-18(3)22(25(19)23)12-11-20-15-21(16-24(29)31-6)34-27(32-7)33-20/h9-10,13,17-18,20-23,25,27H,8,11-12,14-16H2,1-7H3/t17-,18-,20+,21+,22-,23-,25-,27?/m0/s1. The maximum absolute atomic E-state index is 13.0. The van der Waals surface area contributed by atoms with E-state index in [2.05, 4.69) is 32.1 Å². The van der Waals surface area contributed by atoms with Crippen molar-refractivity contribution in [3.63, 3.8) is 0 Å². The number of esters is 2. The Bertz CT molecular complexity index is 801. The van der Waals surface area contributed by atoms with Gasteiger partial charge in [-0.05, 0) is 62.9 Å². The first-order valence-electron chi connectivity index (χ1n) is 13.1. The number of carbonyl (C=O) groups is 2. The van der Waals surface area contributed by atoms with Crippen LogP contribution in [0.4, 0.5) is 0 Å². The molecule has 7 nitrogen and oxygen atoms in total. The fourth-order valence-electron chi connectivity index (χ4n) is 5.49. The van der Waals surface area contributed by atoms with Crippen molar-refractivity contribution in [3.05, 3.63) is 23.8 Å². The highest BCUT2D eigenvalue weighted by molar-refractivity contribution is 5.76. The van der Waals surface area contributed by atoms with Crippen LogP contribution in [0.3, 0.4) is 0 Å². The molecule has 0 aromatic carbocycles. The molecule has 1 unspecified atom stereocenters. The molecule has 3 aliphatic rings. The second-order valence-electron chi connectivity index (χ2n) is 11.1. The van der Waals surface area contributed by atoms with E-state index >= 15 is 0 Å². The molecule has 0 amide bonds. The van der Waals surface area contributed by atoms with Crippen LogP contribution in [0.5, 0.6) is 0 Å². The lowest BCUT2D eigenvalue weighted by Gasteiger charge is -2.44. The second-order valence-corrected chi connectivity index (χ2v) is 11.1. The second kappa shape index (κ2) is 12.0. The molecular weight excluding hydrogens is 448 g/mol. The van der Waals surface area contributed by atoms with Gasteiger partial charge in [0, 0.05) is 19.4 Å². The van der Waals surface area contributed by atoms with Gasteiger partial charge in [0.25, 0.3) is 6.48 Å². The summed E-state index contributed by atoms with van der Waals surface area (Å²) in [4.78, 5) is 24.8. The fourth-order valence-corrected chi connectivity index (χ4v) is 5.49. The summed E-state index contributed by atoms with van der Waals surface area (Å²) >= 11 is 0. The van der Waals surface area contributed by atoms with Crippen LogP contribution in [0.25, 0.3) is 0 Å². The molecule has 2 aliphatic carbocycles. The number of rotatable bonds is 9. The molecule has 0 aromatic rings. The summed E-state index contributed by atoms with van der Waals surface area (Å²) in [5.41, 5.74) is 0.792. The van der Waals surface area contributed by atoms with Crippen molar-refractivity contribution in [2.24, 2.45) is 29.1 Å². The first-order valence-corrected chi connectivity index (χ1v) is 13.1. The molecule has 0 N–H and O–H groups in total. The van der Waals surface area contributed by atoms with Crippen LogP contribution in [0.2, 0.25) is 0 Å². The van der Waals surface area contributed by atoms with E-state index in [9.17, 15) is 9.59 Å².